The third kappa shape index (κ3) is 2.66. The van der Waals surface area contributed by atoms with Crippen molar-refractivity contribution < 1.29 is 9.53 Å². The Morgan fingerprint density at radius 2 is 2.20 bits per heavy atom. The number of nitrogen functional groups attached to an aromatic ring is 1. The first-order valence-corrected chi connectivity index (χ1v) is 6.52. The molecule has 0 saturated heterocycles. The molecule has 20 heavy (non-hydrogen) atoms. The Morgan fingerprint density at radius 1 is 1.45 bits per heavy atom. The summed E-state index contributed by atoms with van der Waals surface area (Å²) in [5.74, 6) is 1.53. The van der Waals surface area contributed by atoms with Gasteiger partial charge in [0.2, 0.25) is 0 Å². The van der Waals surface area contributed by atoms with Crippen molar-refractivity contribution >= 4 is 12.1 Å². The molecule has 1 heterocycles. The summed E-state index contributed by atoms with van der Waals surface area (Å²) in [6.07, 6.45) is 0.758. The molecular weight excluding hydrogens is 254 g/mol. The van der Waals surface area contributed by atoms with Crippen LogP contribution in [-0.4, -0.2) is 23.2 Å². The molecule has 0 fully saturated rings. The number of benzene rings is 1. The number of aromatic nitrogens is 2. The normalized spacial score (nSPS) is 10.8. The van der Waals surface area contributed by atoms with E-state index < -0.39 is 0 Å². The van der Waals surface area contributed by atoms with E-state index in [9.17, 15) is 4.79 Å². The van der Waals surface area contributed by atoms with Crippen molar-refractivity contribution in [2.75, 3.05) is 12.8 Å². The van der Waals surface area contributed by atoms with Crippen molar-refractivity contribution in [3.8, 4) is 17.0 Å². The Morgan fingerprint density at radius 3 is 2.80 bits per heavy atom. The molecule has 5 nitrogen and oxygen atoms in total. The maximum atomic E-state index is 11.3. The van der Waals surface area contributed by atoms with Crippen molar-refractivity contribution in [1.29, 1.82) is 0 Å². The van der Waals surface area contributed by atoms with E-state index in [0.717, 1.165) is 17.6 Å². The molecule has 1 aromatic heterocycles. The van der Waals surface area contributed by atoms with Crippen molar-refractivity contribution in [3.63, 3.8) is 0 Å². The fourth-order valence-corrected chi connectivity index (χ4v) is 2.07. The third-order valence-corrected chi connectivity index (χ3v) is 3.03. The number of aldehydes is 1. The van der Waals surface area contributed by atoms with Crippen LogP contribution < -0.4 is 10.5 Å². The second-order valence-corrected chi connectivity index (χ2v) is 5.07. The van der Waals surface area contributed by atoms with E-state index in [-0.39, 0.29) is 0 Å². The fraction of sp³-hybridized carbons (Fsp3) is 0.333. The lowest BCUT2D eigenvalue weighted by atomic mass is 10.1. The quantitative estimate of drug-likeness (QED) is 0.850. The van der Waals surface area contributed by atoms with Gasteiger partial charge in [0.05, 0.1) is 12.7 Å². The second-order valence-electron chi connectivity index (χ2n) is 5.07. The monoisotopic (exact) mass is 273 g/mol. The summed E-state index contributed by atoms with van der Waals surface area (Å²) in [5.41, 5.74) is 7.85. The zero-order chi connectivity index (χ0) is 14.7. The molecule has 2 rings (SSSR count). The van der Waals surface area contributed by atoms with Gasteiger partial charge in [-0.1, -0.05) is 26.0 Å². The molecule has 1 aromatic carbocycles. The van der Waals surface area contributed by atoms with Crippen molar-refractivity contribution in [2.24, 2.45) is 5.92 Å². The Balaban J connectivity index is 2.52. The Bertz CT molecular complexity index is 618. The molecule has 0 bridgehead atoms. The number of carbonyl (C=O) groups excluding carboxylic acids is 1. The first kappa shape index (κ1) is 14.1. The first-order chi connectivity index (χ1) is 9.56. The standard InChI is InChI=1S/C15H19N3O2/c1-10(2)8-18-15(16)13(9-19)14(17-18)11-5-4-6-12(7-11)20-3/h4-7,9-10H,8,16H2,1-3H3. The highest BCUT2D eigenvalue weighted by molar-refractivity contribution is 5.91. The van der Waals surface area contributed by atoms with Crippen LogP contribution in [0, 0.1) is 5.92 Å². The van der Waals surface area contributed by atoms with E-state index in [4.69, 9.17) is 10.5 Å². The number of ether oxygens (including phenoxy) is 1. The van der Waals surface area contributed by atoms with E-state index in [0.29, 0.717) is 29.5 Å². The van der Waals surface area contributed by atoms with Gasteiger partial charge < -0.3 is 10.5 Å². The van der Waals surface area contributed by atoms with Crippen LogP contribution in [0.5, 0.6) is 5.75 Å². The molecule has 0 saturated carbocycles. The van der Waals surface area contributed by atoms with E-state index in [1.807, 2.05) is 24.3 Å². The summed E-state index contributed by atoms with van der Waals surface area (Å²) < 4.78 is 6.88. The minimum Gasteiger partial charge on any atom is -0.497 e. The van der Waals surface area contributed by atoms with Crippen molar-refractivity contribution in [2.45, 2.75) is 20.4 Å². The van der Waals surface area contributed by atoms with Crippen LogP contribution in [-0.2, 0) is 6.54 Å². The van der Waals surface area contributed by atoms with Crippen LogP contribution in [0.25, 0.3) is 11.3 Å². The molecule has 0 aliphatic rings. The summed E-state index contributed by atoms with van der Waals surface area (Å²) in [4.78, 5) is 11.3. The zero-order valence-electron chi connectivity index (χ0n) is 12.0. The molecule has 2 N–H and O–H groups in total. The van der Waals surface area contributed by atoms with Gasteiger partial charge in [-0.3, -0.25) is 4.79 Å². The molecular formula is C15H19N3O2. The van der Waals surface area contributed by atoms with Crippen LogP contribution in [0.4, 0.5) is 5.82 Å². The largest absolute Gasteiger partial charge is 0.497 e. The van der Waals surface area contributed by atoms with E-state index in [1.165, 1.54) is 0 Å². The topological polar surface area (TPSA) is 70.1 Å². The van der Waals surface area contributed by atoms with Crippen molar-refractivity contribution in [3.05, 3.63) is 29.8 Å². The second kappa shape index (κ2) is 5.77. The van der Waals surface area contributed by atoms with Crippen LogP contribution in [0.15, 0.2) is 24.3 Å². The molecule has 0 radical (unpaired) electrons. The summed E-state index contributed by atoms with van der Waals surface area (Å²) in [6, 6.07) is 7.43. The maximum Gasteiger partial charge on any atom is 0.156 e. The van der Waals surface area contributed by atoms with Gasteiger partial charge in [-0.15, -0.1) is 0 Å². The van der Waals surface area contributed by atoms with Crippen LogP contribution in [0.3, 0.4) is 0 Å². The van der Waals surface area contributed by atoms with Crippen LogP contribution in [0.2, 0.25) is 0 Å². The van der Waals surface area contributed by atoms with Gasteiger partial charge in [0.15, 0.2) is 6.29 Å². The van der Waals surface area contributed by atoms with Crippen LogP contribution in [0.1, 0.15) is 24.2 Å². The predicted octanol–water partition coefficient (Wildman–Crippen LogP) is 2.61. The van der Waals surface area contributed by atoms with E-state index in [1.54, 1.807) is 11.8 Å². The average molecular weight is 273 g/mol. The number of hydrogen-bond acceptors (Lipinski definition) is 4. The van der Waals surface area contributed by atoms with E-state index in [2.05, 4.69) is 18.9 Å². The van der Waals surface area contributed by atoms with Gasteiger partial charge >= 0.3 is 0 Å². The van der Waals surface area contributed by atoms with Gasteiger partial charge in [-0.05, 0) is 18.1 Å². The van der Waals surface area contributed by atoms with E-state index >= 15 is 0 Å². The first-order valence-electron chi connectivity index (χ1n) is 6.52. The number of nitrogens with two attached hydrogens (primary N) is 1. The molecule has 0 unspecified atom stereocenters. The minimum atomic E-state index is 0.398. The van der Waals surface area contributed by atoms with Gasteiger partial charge in [-0.2, -0.15) is 5.10 Å². The third-order valence-electron chi connectivity index (χ3n) is 3.03. The lowest BCUT2D eigenvalue weighted by Gasteiger charge is -2.06. The number of nitrogens with zero attached hydrogens (tertiary/aromatic N) is 2. The fourth-order valence-electron chi connectivity index (χ4n) is 2.07. The van der Waals surface area contributed by atoms with Crippen LogP contribution >= 0.6 is 0 Å². The number of methoxy groups -OCH3 is 1. The molecule has 0 aliphatic carbocycles. The summed E-state index contributed by atoms with van der Waals surface area (Å²) >= 11 is 0. The smallest absolute Gasteiger partial charge is 0.156 e. The summed E-state index contributed by atoms with van der Waals surface area (Å²) in [6.45, 7) is 4.83. The van der Waals surface area contributed by atoms with Gasteiger partial charge in [0, 0.05) is 12.1 Å². The SMILES string of the molecule is COc1cccc(-c2nn(CC(C)C)c(N)c2C=O)c1. The highest BCUT2D eigenvalue weighted by Gasteiger charge is 2.17. The number of hydrogen-bond donors (Lipinski definition) is 1. The van der Waals surface area contributed by atoms with Crippen molar-refractivity contribution in [1.82, 2.24) is 9.78 Å². The van der Waals surface area contributed by atoms with Gasteiger partial charge in [-0.25, -0.2) is 4.68 Å². The summed E-state index contributed by atoms with van der Waals surface area (Å²) in [5, 5.41) is 4.47. The lowest BCUT2D eigenvalue weighted by Crippen LogP contribution is -2.09. The molecule has 106 valence electrons. The molecule has 5 heteroatoms. The Hall–Kier alpha value is -2.30. The highest BCUT2D eigenvalue weighted by Crippen LogP contribution is 2.28. The maximum absolute atomic E-state index is 11.3. The molecule has 0 amide bonds. The predicted molar refractivity (Wildman–Crippen MR) is 78.9 cm³/mol. The summed E-state index contributed by atoms with van der Waals surface area (Å²) in [7, 11) is 1.60. The number of carbonyl (C=O) groups is 1. The molecule has 0 spiro atoms. The van der Waals surface area contributed by atoms with Gasteiger partial charge in [0.1, 0.15) is 17.3 Å². The molecule has 2 aromatic rings. The molecule has 0 aliphatic heterocycles. The minimum absolute atomic E-state index is 0.398. The molecule has 0 atom stereocenters. The number of rotatable bonds is 5. The average Bonchev–Trinajstić information content (AvgIpc) is 2.75. The Labute approximate surface area is 118 Å². The van der Waals surface area contributed by atoms with Gasteiger partial charge in [0.25, 0.3) is 0 Å². The Kier molecular flexibility index (Phi) is 4.08. The zero-order valence-corrected chi connectivity index (χ0v) is 12.0. The highest BCUT2D eigenvalue weighted by atomic mass is 16.5. The number of anilines is 1. The lowest BCUT2D eigenvalue weighted by molar-refractivity contribution is 0.112.